The molecule has 2 aromatic heterocycles. The number of halogens is 1. The summed E-state index contributed by atoms with van der Waals surface area (Å²) in [7, 11) is 0. The lowest BCUT2D eigenvalue weighted by Gasteiger charge is -2.02. The number of H-pyrrole nitrogens is 1. The maximum atomic E-state index is 4.12. The van der Waals surface area contributed by atoms with Crippen LogP contribution in [0.5, 0.6) is 0 Å². The van der Waals surface area contributed by atoms with E-state index in [0.29, 0.717) is 6.54 Å². The third kappa shape index (κ3) is 1.39. The maximum Gasteiger partial charge on any atom is 0.144 e. The molecule has 0 fully saturated rings. The van der Waals surface area contributed by atoms with E-state index in [4.69, 9.17) is 0 Å². The Bertz CT molecular complexity index is 423. The number of anilines is 1. The first-order chi connectivity index (χ1) is 6.33. The molecule has 0 aliphatic rings. The van der Waals surface area contributed by atoms with Crippen LogP contribution in [0.1, 0.15) is 0 Å². The molecule has 0 amide bonds. The summed E-state index contributed by atoms with van der Waals surface area (Å²) in [4.78, 5) is 11.2. The molecular weight excluding hydrogens is 232 g/mol. The number of nitrogens with zero attached hydrogens (tertiary/aromatic N) is 2. The first kappa shape index (κ1) is 8.50. The Morgan fingerprint density at radius 3 is 3.15 bits per heavy atom. The predicted molar refractivity (Wildman–Crippen MR) is 55.4 cm³/mol. The van der Waals surface area contributed by atoms with E-state index in [1.54, 1.807) is 0 Å². The molecule has 67 valence electrons. The van der Waals surface area contributed by atoms with Crippen molar-refractivity contribution in [1.29, 1.82) is 0 Å². The molecule has 2 rings (SSSR count). The average molecular weight is 240 g/mol. The third-order valence-electron chi connectivity index (χ3n) is 1.71. The topological polar surface area (TPSA) is 53.6 Å². The quantitative estimate of drug-likeness (QED) is 0.843. The van der Waals surface area contributed by atoms with E-state index in [-0.39, 0.29) is 0 Å². The molecule has 0 aliphatic heterocycles. The molecule has 0 bridgehead atoms. The summed E-state index contributed by atoms with van der Waals surface area (Å²) in [6, 6.07) is 0. The van der Waals surface area contributed by atoms with Crippen LogP contribution in [0.15, 0.2) is 17.0 Å². The second kappa shape index (κ2) is 3.33. The van der Waals surface area contributed by atoms with Gasteiger partial charge in [0, 0.05) is 17.2 Å². The minimum absolute atomic E-state index is 0.601. The van der Waals surface area contributed by atoms with Gasteiger partial charge in [0.05, 0.1) is 5.39 Å². The van der Waals surface area contributed by atoms with Crippen molar-refractivity contribution in [3.05, 3.63) is 23.9 Å². The first-order valence-electron chi connectivity index (χ1n) is 3.83. The van der Waals surface area contributed by atoms with E-state index in [0.717, 1.165) is 21.3 Å². The van der Waals surface area contributed by atoms with Crippen molar-refractivity contribution >= 4 is 32.8 Å². The van der Waals surface area contributed by atoms with Crippen molar-refractivity contribution in [1.82, 2.24) is 15.0 Å². The number of hydrogen-bond donors (Lipinski definition) is 2. The second-order valence-electron chi connectivity index (χ2n) is 2.51. The molecule has 0 aromatic carbocycles. The Balaban J connectivity index is 2.65. The van der Waals surface area contributed by atoms with Gasteiger partial charge in [-0.05, 0) is 22.9 Å². The monoisotopic (exact) mass is 239 g/mol. The van der Waals surface area contributed by atoms with E-state index >= 15 is 0 Å². The fourth-order valence-corrected chi connectivity index (χ4v) is 1.67. The van der Waals surface area contributed by atoms with Crippen molar-refractivity contribution in [2.45, 2.75) is 0 Å². The van der Waals surface area contributed by atoms with Gasteiger partial charge in [0.25, 0.3) is 0 Å². The Morgan fingerprint density at radius 1 is 1.54 bits per heavy atom. The summed E-state index contributed by atoms with van der Waals surface area (Å²) in [5.74, 6) is 0.799. The highest BCUT2D eigenvalue weighted by atomic mass is 79.9. The van der Waals surface area contributed by atoms with Crippen LogP contribution >= 0.6 is 15.9 Å². The Hall–Kier alpha value is -1.10. The molecule has 2 heterocycles. The number of hydrogen-bond acceptors (Lipinski definition) is 3. The summed E-state index contributed by atoms with van der Waals surface area (Å²) >= 11 is 3.42. The van der Waals surface area contributed by atoms with Crippen molar-refractivity contribution in [2.75, 3.05) is 11.9 Å². The van der Waals surface area contributed by atoms with Crippen LogP contribution in [0.4, 0.5) is 5.82 Å². The summed E-state index contributed by atoms with van der Waals surface area (Å²) < 4.78 is 0.957. The van der Waals surface area contributed by atoms with Gasteiger partial charge < -0.3 is 10.3 Å². The van der Waals surface area contributed by atoms with Gasteiger partial charge in [-0.3, -0.25) is 0 Å². The molecule has 1 radical (unpaired) electrons. The smallest absolute Gasteiger partial charge is 0.144 e. The predicted octanol–water partition coefficient (Wildman–Crippen LogP) is 1.97. The van der Waals surface area contributed by atoms with E-state index in [1.165, 1.54) is 6.33 Å². The van der Waals surface area contributed by atoms with Gasteiger partial charge in [0.2, 0.25) is 0 Å². The Labute approximate surface area is 83.9 Å². The average Bonchev–Trinajstić information content (AvgIpc) is 2.50. The zero-order chi connectivity index (χ0) is 9.26. The van der Waals surface area contributed by atoms with Gasteiger partial charge in [-0.15, -0.1) is 0 Å². The Morgan fingerprint density at radius 2 is 2.38 bits per heavy atom. The SMILES string of the molecule is [CH2]CNc1ncnc2[nH]cc(Br)c12. The molecule has 0 saturated carbocycles. The van der Waals surface area contributed by atoms with Crippen LogP contribution < -0.4 is 5.32 Å². The normalized spacial score (nSPS) is 10.6. The van der Waals surface area contributed by atoms with E-state index in [9.17, 15) is 0 Å². The van der Waals surface area contributed by atoms with Crippen molar-refractivity contribution in [2.24, 2.45) is 0 Å². The number of rotatable bonds is 2. The van der Waals surface area contributed by atoms with Gasteiger partial charge in [0.1, 0.15) is 17.8 Å². The molecule has 13 heavy (non-hydrogen) atoms. The van der Waals surface area contributed by atoms with Crippen LogP contribution in [0.25, 0.3) is 11.0 Å². The standard InChI is InChI=1S/C8H8BrN4/c1-2-10-7-6-5(9)3-11-8(6)13-4-12-7/h3-4H,1-2H2,(H2,10,11,12,13). The van der Waals surface area contributed by atoms with Gasteiger partial charge in [0.15, 0.2) is 0 Å². The van der Waals surface area contributed by atoms with Crippen molar-refractivity contribution in [3.8, 4) is 0 Å². The van der Waals surface area contributed by atoms with Crippen LogP contribution in [0, 0.1) is 6.92 Å². The lowest BCUT2D eigenvalue weighted by Crippen LogP contribution is -2.00. The van der Waals surface area contributed by atoms with Gasteiger partial charge in [-0.1, -0.05) is 0 Å². The highest BCUT2D eigenvalue weighted by molar-refractivity contribution is 9.10. The molecule has 0 spiro atoms. The Kier molecular flexibility index (Phi) is 2.18. The first-order valence-corrected chi connectivity index (χ1v) is 4.63. The molecule has 2 aromatic rings. The highest BCUT2D eigenvalue weighted by Crippen LogP contribution is 2.26. The second-order valence-corrected chi connectivity index (χ2v) is 3.36. The molecular formula is C8H8BrN4. The summed E-state index contributed by atoms with van der Waals surface area (Å²) in [6.45, 7) is 4.31. The fraction of sp³-hybridized carbons (Fsp3) is 0.125. The van der Waals surface area contributed by atoms with E-state index in [2.05, 4.69) is 43.1 Å². The summed E-state index contributed by atoms with van der Waals surface area (Å²) in [6.07, 6.45) is 3.36. The summed E-state index contributed by atoms with van der Waals surface area (Å²) in [5.41, 5.74) is 0.817. The van der Waals surface area contributed by atoms with Gasteiger partial charge >= 0.3 is 0 Å². The lowest BCUT2D eigenvalue weighted by atomic mass is 10.4. The minimum atomic E-state index is 0.601. The van der Waals surface area contributed by atoms with Gasteiger partial charge in [-0.2, -0.15) is 0 Å². The van der Waals surface area contributed by atoms with E-state index < -0.39 is 0 Å². The molecule has 0 unspecified atom stereocenters. The minimum Gasteiger partial charge on any atom is -0.369 e. The lowest BCUT2D eigenvalue weighted by molar-refractivity contribution is 1.17. The largest absolute Gasteiger partial charge is 0.369 e. The zero-order valence-corrected chi connectivity index (χ0v) is 8.43. The number of nitrogens with one attached hydrogen (secondary N) is 2. The number of aromatic nitrogens is 3. The zero-order valence-electron chi connectivity index (χ0n) is 6.84. The summed E-state index contributed by atoms with van der Waals surface area (Å²) in [5, 5.41) is 4.03. The number of aromatic amines is 1. The van der Waals surface area contributed by atoms with Crippen LogP contribution in [-0.4, -0.2) is 21.5 Å². The number of fused-ring (bicyclic) bond motifs is 1. The highest BCUT2D eigenvalue weighted by Gasteiger charge is 2.07. The molecule has 4 nitrogen and oxygen atoms in total. The fourth-order valence-electron chi connectivity index (χ4n) is 1.18. The van der Waals surface area contributed by atoms with Crippen molar-refractivity contribution in [3.63, 3.8) is 0 Å². The molecule has 0 aliphatic carbocycles. The van der Waals surface area contributed by atoms with Crippen LogP contribution in [0.2, 0.25) is 0 Å². The van der Waals surface area contributed by atoms with Crippen LogP contribution in [-0.2, 0) is 0 Å². The van der Waals surface area contributed by atoms with Gasteiger partial charge in [-0.25, -0.2) is 9.97 Å². The molecule has 5 heteroatoms. The van der Waals surface area contributed by atoms with Crippen LogP contribution in [0.3, 0.4) is 0 Å². The molecule has 0 saturated heterocycles. The third-order valence-corrected chi connectivity index (χ3v) is 2.34. The maximum absolute atomic E-state index is 4.12. The van der Waals surface area contributed by atoms with Crippen molar-refractivity contribution < 1.29 is 0 Å². The van der Waals surface area contributed by atoms with E-state index in [1.807, 2.05) is 6.20 Å². The molecule has 0 atom stereocenters. The molecule has 2 N–H and O–H groups in total.